The molecular weight excluding hydrogens is 618 g/mol. The van der Waals surface area contributed by atoms with Crippen LogP contribution in [0.1, 0.15) is 33.3 Å². The van der Waals surface area contributed by atoms with Crippen molar-refractivity contribution in [2.75, 3.05) is 0 Å². The SMILES string of the molecule is C[C@@H]1C(=O)O[C@H]2[C@H](O)[C@]34C5OC(=O)C3(OC3OC(=O)[C@H](OCc6c(F)c(F)c(N=[N+]=[N-])c(F)c6F)C34[C@H](C(C)(C)C)[C@H]5O)[C@@]12O. The van der Waals surface area contributed by atoms with Gasteiger partial charge < -0.3 is 39.0 Å². The van der Waals surface area contributed by atoms with Crippen LogP contribution < -0.4 is 0 Å². The van der Waals surface area contributed by atoms with Crippen LogP contribution in [0.2, 0.25) is 0 Å². The van der Waals surface area contributed by atoms with Crippen molar-refractivity contribution >= 4 is 23.6 Å². The zero-order valence-corrected chi connectivity index (χ0v) is 23.8. The molecule has 1 aromatic carbocycles. The number of azide groups is 1. The first-order valence-corrected chi connectivity index (χ1v) is 13.8. The van der Waals surface area contributed by atoms with Gasteiger partial charge in [-0.25, -0.2) is 27.2 Å². The van der Waals surface area contributed by atoms with Gasteiger partial charge in [-0.3, -0.25) is 4.79 Å². The van der Waals surface area contributed by atoms with Gasteiger partial charge in [0.25, 0.3) is 0 Å². The van der Waals surface area contributed by atoms with E-state index in [-0.39, 0.29) is 0 Å². The number of halogens is 4. The fourth-order valence-corrected chi connectivity index (χ4v) is 9.54. The van der Waals surface area contributed by atoms with Gasteiger partial charge in [0.05, 0.1) is 35.0 Å². The largest absolute Gasteiger partial charge is 0.456 e. The molecule has 12 atom stereocenters. The van der Waals surface area contributed by atoms with E-state index in [0.717, 1.165) is 0 Å². The summed E-state index contributed by atoms with van der Waals surface area (Å²) in [5, 5.41) is 38.7. The number of nitrogens with zero attached hydrogens (tertiary/aromatic N) is 3. The van der Waals surface area contributed by atoms with Crippen molar-refractivity contribution in [1.82, 2.24) is 0 Å². The van der Waals surface area contributed by atoms with Gasteiger partial charge in [-0.2, -0.15) is 0 Å². The Morgan fingerprint density at radius 1 is 0.978 bits per heavy atom. The highest BCUT2D eigenvalue weighted by molar-refractivity contribution is 5.94. The van der Waals surface area contributed by atoms with Gasteiger partial charge in [0.1, 0.15) is 17.9 Å². The summed E-state index contributed by atoms with van der Waals surface area (Å²) in [7, 11) is 0. The number of esters is 3. The first-order chi connectivity index (χ1) is 20.9. The molecule has 18 heteroatoms. The third-order valence-corrected chi connectivity index (χ3v) is 10.8. The van der Waals surface area contributed by atoms with Crippen LogP contribution in [0.4, 0.5) is 23.2 Å². The van der Waals surface area contributed by atoms with Crippen LogP contribution in [0.3, 0.4) is 0 Å². The Morgan fingerprint density at radius 2 is 1.60 bits per heavy atom. The first-order valence-electron chi connectivity index (χ1n) is 13.8. The molecule has 3 N–H and O–H groups in total. The molecule has 45 heavy (non-hydrogen) atoms. The molecule has 4 unspecified atom stereocenters. The number of ether oxygens (including phenoxy) is 5. The maximum atomic E-state index is 15.0. The maximum absolute atomic E-state index is 15.0. The van der Waals surface area contributed by atoms with Crippen molar-refractivity contribution in [3.63, 3.8) is 0 Å². The molecule has 242 valence electrons. The van der Waals surface area contributed by atoms with Crippen molar-refractivity contribution in [3.05, 3.63) is 39.3 Å². The minimum Gasteiger partial charge on any atom is -0.456 e. The summed E-state index contributed by atoms with van der Waals surface area (Å²) in [4.78, 5) is 42.2. The van der Waals surface area contributed by atoms with Gasteiger partial charge in [0.2, 0.25) is 11.9 Å². The number of carbonyl (C=O) groups is 3. The van der Waals surface area contributed by atoms with E-state index in [1.165, 1.54) is 6.92 Å². The molecule has 14 nitrogen and oxygen atoms in total. The highest BCUT2D eigenvalue weighted by atomic mass is 19.2. The van der Waals surface area contributed by atoms with Crippen LogP contribution in [0.15, 0.2) is 5.11 Å². The molecule has 4 heterocycles. The monoisotopic (exact) mass is 643 g/mol. The second-order valence-electron chi connectivity index (χ2n) is 13.3. The van der Waals surface area contributed by atoms with E-state index >= 15 is 0 Å². The number of aliphatic hydroxyl groups excluding tert-OH is 2. The number of carbonyl (C=O) groups excluding carboxylic acids is 3. The van der Waals surface area contributed by atoms with Gasteiger partial charge in [-0.05, 0) is 17.9 Å². The van der Waals surface area contributed by atoms with Crippen LogP contribution in [0.25, 0.3) is 10.4 Å². The molecule has 0 bridgehead atoms. The second kappa shape index (κ2) is 8.63. The van der Waals surface area contributed by atoms with Gasteiger partial charge in [0.15, 0.2) is 41.1 Å². The lowest BCUT2D eigenvalue weighted by Gasteiger charge is -2.48. The zero-order chi connectivity index (χ0) is 33.0. The average Bonchev–Trinajstić information content (AvgIpc) is 3.66. The molecular formula is C27H25F4N3O11. The van der Waals surface area contributed by atoms with Crippen molar-refractivity contribution in [2.24, 2.45) is 33.2 Å². The van der Waals surface area contributed by atoms with E-state index in [1.807, 2.05) is 0 Å². The average molecular weight is 643 g/mol. The molecule has 2 saturated carbocycles. The van der Waals surface area contributed by atoms with E-state index in [0.29, 0.717) is 0 Å². The number of fused-ring (bicyclic) bond motifs is 1. The van der Waals surface area contributed by atoms with Crippen molar-refractivity contribution in [1.29, 1.82) is 0 Å². The summed E-state index contributed by atoms with van der Waals surface area (Å²) in [5.74, 6) is -14.5. The van der Waals surface area contributed by atoms with Crippen LogP contribution in [0, 0.1) is 51.3 Å². The molecule has 4 aliphatic heterocycles. The Morgan fingerprint density at radius 3 is 2.18 bits per heavy atom. The highest BCUT2D eigenvalue weighted by Crippen LogP contribution is 2.84. The predicted molar refractivity (Wildman–Crippen MR) is 131 cm³/mol. The molecule has 2 spiro atoms. The van der Waals surface area contributed by atoms with Crippen LogP contribution in [0.5, 0.6) is 0 Å². The molecule has 0 aromatic heterocycles. The van der Waals surface area contributed by atoms with E-state index < -0.39 is 135 Å². The van der Waals surface area contributed by atoms with Gasteiger partial charge in [-0.15, -0.1) is 0 Å². The second-order valence-corrected chi connectivity index (χ2v) is 13.3. The lowest BCUT2D eigenvalue weighted by molar-refractivity contribution is -0.240. The molecule has 6 fully saturated rings. The normalized spacial score (nSPS) is 45.4. The van der Waals surface area contributed by atoms with E-state index in [4.69, 9.17) is 29.2 Å². The lowest BCUT2D eigenvalue weighted by atomic mass is 9.51. The fourth-order valence-electron chi connectivity index (χ4n) is 9.54. The van der Waals surface area contributed by atoms with Crippen molar-refractivity contribution in [3.8, 4) is 0 Å². The number of rotatable bonds is 4. The highest BCUT2D eigenvalue weighted by Gasteiger charge is 3.05. The summed E-state index contributed by atoms with van der Waals surface area (Å²) in [6, 6.07) is 0. The van der Waals surface area contributed by atoms with Gasteiger partial charge >= 0.3 is 17.9 Å². The Labute approximate surface area is 249 Å². The maximum Gasteiger partial charge on any atom is 0.343 e. The third kappa shape index (κ3) is 2.79. The molecule has 6 aliphatic rings. The summed E-state index contributed by atoms with van der Waals surface area (Å²) < 4.78 is 87.5. The van der Waals surface area contributed by atoms with Crippen LogP contribution >= 0.6 is 0 Å². The summed E-state index contributed by atoms with van der Waals surface area (Å²) in [6.07, 6.45) is -11.3. The summed E-state index contributed by atoms with van der Waals surface area (Å²) >= 11 is 0. The zero-order valence-electron chi connectivity index (χ0n) is 23.8. The quantitative estimate of drug-likeness (QED) is 0.0811. The molecule has 4 saturated heterocycles. The minimum atomic E-state index is -2.69. The Bertz CT molecular complexity index is 1640. The molecule has 2 aliphatic carbocycles. The lowest BCUT2D eigenvalue weighted by Crippen LogP contribution is -2.67. The Kier molecular flexibility index (Phi) is 5.78. The van der Waals surface area contributed by atoms with Crippen molar-refractivity contribution in [2.45, 2.75) is 82.3 Å². The minimum absolute atomic E-state index is 0.994. The molecule has 0 amide bonds. The van der Waals surface area contributed by atoms with Gasteiger partial charge in [0, 0.05) is 10.8 Å². The summed E-state index contributed by atoms with van der Waals surface area (Å²) in [6.45, 7) is 4.70. The predicted octanol–water partition coefficient (Wildman–Crippen LogP) is 1.32. The molecule has 0 radical (unpaired) electrons. The topological polar surface area (TPSA) is 207 Å². The number of benzene rings is 1. The molecule has 7 rings (SSSR count). The number of hydrogen-bond acceptors (Lipinski definition) is 12. The fraction of sp³-hybridized carbons (Fsp3) is 0.667. The van der Waals surface area contributed by atoms with E-state index in [1.54, 1.807) is 20.8 Å². The van der Waals surface area contributed by atoms with Crippen LogP contribution in [-0.4, -0.2) is 81.2 Å². The van der Waals surface area contributed by atoms with E-state index in [9.17, 15) is 47.3 Å². The first kappa shape index (κ1) is 30.1. The Hall–Kier alpha value is -3.54. The smallest absolute Gasteiger partial charge is 0.343 e. The standard InChI is InChI=1S/C27H25F4N3O11/c1-6-19(37)42-17-15(36)25-16-13(35)14(23(2,3)4)24(25)18(20(38)44-22(24)45-27(25,21(39)43-16)26(6,17)40)41-5-7-8(28)10(30)12(33-34-32)11(31)9(7)29/h6,13-18,22,35-36,40H,5H2,1-4H3/t6-,13-,14+,15+,16?,17+,18+,22?,24?,25-,26-,27?/m1/s1. The number of hydrogen-bond donors (Lipinski definition) is 3. The van der Waals surface area contributed by atoms with Crippen molar-refractivity contribution < 1.29 is 70.9 Å². The summed E-state index contributed by atoms with van der Waals surface area (Å²) in [5.41, 5.74) is -5.39. The van der Waals surface area contributed by atoms with Crippen LogP contribution in [-0.2, 0) is 44.7 Å². The third-order valence-electron chi connectivity index (χ3n) is 10.8. The van der Waals surface area contributed by atoms with E-state index in [2.05, 4.69) is 10.0 Å². The molecule has 1 aromatic rings. The van der Waals surface area contributed by atoms with Gasteiger partial charge in [-0.1, -0.05) is 25.9 Å². The Balaban J connectivity index is 1.45. The number of aliphatic hydroxyl groups is 3.